The zero-order valence-electron chi connectivity index (χ0n) is 8.60. The second-order valence-electron chi connectivity index (χ2n) is 3.58. The summed E-state index contributed by atoms with van der Waals surface area (Å²) >= 11 is 0. The molecule has 0 saturated heterocycles. The van der Waals surface area contributed by atoms with Gasteiger partial charge in [0.05, 0.1) is 5.69 Å². The second kappa shape index (κ2) is 4.22. The minimum Gasteiger partial charge on any atom is -0.323 e. The maximum absolute atomic E-state index is 13.4. The largest absolute Gasteiger partial charge is 0.323 e. The van der Waals surface area contributed by atoms with Crippen LogP contribution in [-0.2, 0) is 4.79 Å². The van der Waals surface area contributed by atoms with E-state index in [4.69, 9.17) is 0 Å². The zero-order valence-corrected chi connectivity index (χ0v) is 8.60. The summed E-state index contributed by atoms with van der Waals surface area (Å²) in [5.74, 6) is -0.675. The van der Waals surface area contributed by atoms with Crippen molar-refractivity contribution in [3.8, 4) is 0 Å². The highest BCUT2D eigenvalue weighted by Gasteiger charge is 2.10. The number of hydrogen-bond donors (Lipinski definition) is 1. The summed E-state index contributed by atoms with van der Waals surface area (Å²) in [6.07, 6.45) is 0. The van der Waals surface area contributed by atoms with Crippen LogP contribution in [0.5, 0.6) is 0 Å². The van der Waals surface area contributed by atoms with Crippen LogP contribution in [0.25, 0.3) is 0 Å². The summed E-state index contributed by atoms with van der Waals surface area (Å²) in [4.78, 5) is 11.3. The van der Waals surface area contributed by atoms with Gasteiger partial charge in [0.25, 0.3) is 0 Å². The summed E-state index contributed by atoms with van der Waals surface area (Å²) in [7, 11) is 0. The Morgan fingerprint density at radius 1 is 1.43 bits per heavy atom. The number of carbonyl (C=O) groups excluding carboxylic acids is 1. The highest BCUT2D eigenvalue weighted by Crippen LogP contribution is 2.17. The van der Waals surface area contributed by atoms with Gasteiger partial charge in [0, 0.05) is 5.92 Å². The van der Waals surface area contributed by atoms with E-state index in [1.807, 2.05) is 0 Å². The second-order valence-corrected chi connectivity index (χ2v) is 3.58. The number of benzene rings is 1. The maximum atomic E-state index is 13.4. The number of aryl methyl sites for hydroxylation is 1. The number of halogens is 1. The standard InChI is InChI=1S/C11H14FNO/c1-7(2)11(14)13-9-6-4-5-8(3)10(9)12/h4-7H,1-3H3,(H,13,14). The highest BCUT2D eigenvalue weighted by molar-refractivity contribution is 5.92. The molecular weight excluding hydrogens is 181 g/mol. The Morgan fingerprint density at radius 2 is 2.07 bits per heavy atom. The van der Waals surface area contributed by atoms with E-state index in [-0.39, 0.29) is 23.3 Å². The van der Waals surface area contributed by atoms with Gasteiger partial charge in [-0.25, -0.2) is 4.39 Å². The third-order valence-electron chi connectivity index (χ3n) is 1.97. The lowest BCUT2D eigenvalue weighted by molar-refractivity contribution is -0.118. The van der Waals surface area contributed by atoms with E-state index in [1.165, 1.54) is 0 Å². The molecule has 0 unspecified atom stereocenters. The number of amides is 1. The molecule has 1 aromatic rings. The van der Waals surface area contributed by atoms with E-state index >= 15 is 0 Å². The molecule has 1 aromatic carbocycles. The van der Waals surface area contributed by atoms with Crippen molar-refractivity contribution in [3.63, 3.8) is 0 Å². The van der Waals surface area contributed by atoms with Crippen LogP contribution < -0.4 is 5.32 Å². The molecule has 0 radical (unpaired) electrons. The summed E-state index contributed by atoms with van der Waals surface area (Å²) < 4.78 is 13.4. The number of hydrogen-bond acceptors (Lipinski definition) is 1. The predicted octanol–water partition coefficient (Wildman–Crippen LogP) is 2.73. The zero-order chi connectivity index (χ0) is 10.7. The lowest BCUT2D eigenvalue weighted by Gasteiger charge is -2.09. The highest BCUT2D eigenvalue weighted by atomic mass is 19.1. The van der Waals surface area contributed by atoms with Gasteiger partial charge in [0.1, 0.15) is 5.82 Å². The minimum atomic E-state index is -0.360. The van der Waals surface area contributed by atoms with Gasteiger partial charge in [-0.3, -0.25) is 4.79 Å². The Labute approximate surface area is 83.1 Å². The Hall–Kier alpha value is -1.38. The molecule has 76 valence electrons. The van der Waals surface area contributed by atoms with Crippen LogP contribution in [0.3, 0.4) is 0 Å². The molecule has 1 rings (SSSR count). The Morgan fingerprint density at radius 3 is 2.64 bits per heavy atom. The van der Waals surface area contributed by atoms with Crippen LogP contribution in [-0.4, -0.2) is 5.91 Å². The number of anilines is 1. The molecule has 0 aromatic heterocycles. The molecule has 0 fully saturated rings. The fourth-order valence-corrected chi connectivity index (χ4v) is 1.02. The third-order valence-corrected chi connectivity index (χ3v) is 1.97. The molecule has 0 aliphatic heterocycles. The van der Waals surface area contributed by atoms with Gasteiger partial charge in [-0.15, -0.1) is 0 Å². The van der Waals surface area contributed by atoms with Gasteiger partial charge in [-0.2, -0.15) is 0 Å². The molecule has 0 heterocycles. The predicted molar refractivity (Wildman–Crippen MR) is 54.6 cm³/mol. The number of rotatable bonds is 2. The first-order valence-corrected chi connectivity index (χ1v) is 4.58. The first-order chi connectivity index (χ1) is 6.52. The molecule has 1 N–H and O–H groups in total. The van der Waals surface area contributed by atoms with Crippen molar-refractivity contribution in [1.82, 2.24) is 0 Å². The normalized spacial score (nSPS) is 10.4. The summed E-state index contributed by atoms with van der Waals surface area (Å²) in [6.45, 7) is 5.20. The average Bonchev–Trinajstić information content (AvgIpc) is 2.12. The van der Waals surface area contributed by atoms with Gasteiger partial charge in [0.15, 0.2) is 0 Å². The molecule has 0 saturated carbocycles. The van der Waals surface area contributed by atoms with Crippen molar-refractivity contribution in [2.75, 3.05) is 5.32 Å². The molecule has 0 spiro atoms. The van der Waals surface area contributed by atoms with E-state index in [0.717, 1.165) is 0 Å². The van der Waals surface area contributed by atoms with Crippen LogP contribution in [0.2, 0.25) is 0 Å². The summed E-state index contributed by atoms with van der Waals surface area (Å²) in [6, 6.07) is 4.94. The smallest absolute Gasteiger partial charge is 0.227 e. The Balaban J connectivity index is 2.87. The molecule has 14 heavy (non-hydrogen) atoms. The lowest BCUT2D eigenvalue weighted by atomic mass is 10.1. The number of nitrogens with one attached hydrogen (secondary N) is 1. The van der Waals surface area contributed by atoms with E-state index in [1.54, 1.807) is 39.0 Å². The first kappa shape index (κ1) is 10.7. The van der Waals surface area contributed by atoms with Crippen molar-refractivity contribution >= 4 is 11.6 Å². The van der Waals surface area contributed by atoms with Crippen LogP contribution in [0, 0.1) is 18.7 Å². The van der Waals surface area contributed by atoms with Crippen molar-refractivity contribution in [2.45, 2.75) is 20.8 Å². The Bertz CT molecular complexity index is 347. The molecular formula is C11H14FNO. The van der Waals surface area contributed by atoms with Gasteiger partial charge in [-0.05, 0) is 18.6 Å². The fraction of sp³-hybridized carbons (Fsp3) is 0.364. The first-order valence-electron chi connectivity index (χ1n) is 4.58. The van der Waals surface area contributed by atoms with Crippen molar-refractivity contribution < 1.29 is 9.18 Å². The number of carbonyl (C=O) groups is 1. The van der Waals surface area contributed by atoms with Crippen LogP contribution in [0.1, 0.15) is 19.4 Å². The van der Waals surface area contributed by atoms with Gasteiger partial charge in [0.2, 0.25) is 5.91 Å². The SMILES string of the molecule is Cc1cccc(NC(=O)C(C)C)c1F. The van der Waals surface area contributed by atoms with E-state index in [9.17, 15) is 9.18 Å². The van der Waals surface area contributed by atoms with Crippen LogP contribution >= 0.6 is 0 Å². The quantitative estimate of drug-likeness (QED) is 0.772. The monoisotopic (exact) mass is 195 g/mol. The third kappa shape index (κ3) is 2.31. The molecule has 0 atom stereocenters. The molecule has 0 aliphatic rings. The van der Waals surface area contributed by atoms with Crippen LogP contribution in [0.15, 0.2) is 18.2 Å². The van der Waals surface area contributed by atoms with Crippen molar-refractivity contribution in [3.05, 3.63) is 29.6 Å². The van der Waals surface area contributed by atoms with Crippen LogP contribution in [0.4, 0.5) is 10.1 Å². The van der Waals surface area contributed by atoms with Crippen molar-refractivity contribution in [2.24, 2.45) is 5.92 Å². The lowest BCUT2D eigenvalue weighted by Crippen LogP contribution is -2.18. The van der Waals surface area contributed by atoms with E-state index < -0.39 is 0 Å². The van der Waals surface area contributed by atoms with E-state index in [0.29, 0.717) is 5.56 Å². The van der Waals surface area contributed by atoms with E-state index in [2.05, 4.69) is 5.32 Å². The minimum absolute atomic E-state index is 0.144. The molecule has 2 nitrogen and oxygen atoms in total. The van der Waals surface area contributed by atoms with Gasteiger partial charge in [-0.1, -0.05) is 26.0 Å². The Kier molecular flexibility index (Phi) is 3.23. The average molecular weight is 195 g/mol. The van der Waals surface area contributed by atoms with Gasteiger partial charge >= 0.3 is 0 Å². The fourth-order valence-electron chi connectivity index (χ4n) is 1.02. The topological polar surface area (TPSA) is 29.1 Å². The van der Waals surface area contributed by atoms with Gasteiger partial charge < -0.3 is 5.32 Å². The molecule has 1 amide bonds. The molecule has 0 aliphatic carbocycles. The molecule has 3 heteroatoms. The maximum Gasteiger partial charge on any atom is 0.227 e. The van der Waals surface area contributed by atoms with Crippen molar-refractivity contribution in [1.29, 1.82) is 0 Å². The molecule has 0 bridgehead atoms. The summed E-state index contributed by atoms with van der Waals surface area (Å²) in [5, 5.41) is 2.54. The summed E-state index contributed by atoms with van der Waals surface area (Å²) in [5.41, 5.74) is 0.787.